The zero-order chi connectivity index (χ0) is 29.7. The summed E-state index contributed by atoms with van der Waals surface area (Å²) in [6, 6.07) is 0.832. The van der Waals surface area contributed by atoms with E-state index in [1.165, 1.54) is 0 Å². The SMILES string of the molecule is CNCc1cc([C@@H]2CC3(CC3)[C@@H]3CN2C(=O)N3OS(=O)(=O)ON2C(=O)N3C[C@H]2C2(CC2)C[C@H]3c2cc(CNC)on2)no1. The molecule has 16 nitrogen and oxygen atoms in total. The van der Waals surface area contributed by atoms with Crippen molar-refractivity contribution in [3.05, 3.63) is 35.0 Å². The van der Waals surface area contributed by atoms with E-state index in [9.17, 15) is 18.0 Å². The largest absolute Gasteiger partial charge is 0.442 e. The van der Waals surface area contributed by atoms with E-state index in [0.29, 0.717) is 61.9 Å². The molecular weight excluding hydrogens is 584 g/mol. The van der Waals surface area contributed by atoms with Crippen molar-refractivity contribution in [1.82, 2.24) is 40.9 Å². The first kappa shape index (κ1) is 27.3. The number of nitrogens with one attached hydrogen (secondary N) is 2. The maximum atomic E-state index is 13.6. The number of hydroxylamine groups is 4. The zero-order valence-corrected chi connectivity index (χ0v) is 24.7. The van der Waals surface area contributed by atoms with Crippen LogP contribution in [0.5, 0.6) is 0 Å². The fraction of sp³-hybridized carbons (Fsp3) is 0.692. The summed E-state index contributed by atoms with van der Waals surface area (Å²) in [7, 11) is -1.23. The molecule has 2 aromatic rings. The first-order valence-corrected chi connectivity index (χ1v) is 16.0. The van der Waals surface area contributed by atoms with E-state index in [0.717, 1.165) is 35.8 Å². The summed E-state index contributed by atoms with van der Waals surface area (Å²) in [5.74, 6) is 1.29. The van der Waals surface area contributed by atoms with Crippen molar-refractivity contribution in [2.45, 2.75) is 75.8 Å². The minimum atomic E-state index is -4.84. The van der Waals surface area contributed by atoms with Gasteiger partial charge in [-0.25, -0.2) is 9.59 Å². The van der Waals surface area contributed by atoms with Crippen LogP contribution in [-0.2, 0) is 32.1 Å². The number of amides is 4. The summed E-state index contributed by atoms with van der Waals surface area (Å²) >= 11 is 0. The number of aromatic nitrogens is 2. The van der Waals surface area contributed by atoms with Crippen molar-refractivity contribution in [2.75, 3.05) is 27.2 Å². The van der Waals surface area contributed by atoms with Gasteiger partial charge >= 0.3 is 22.5 Å². The highest BCUT2D eigenvalue weighted by molar-refractivity contribution is 7.81. The predicted molar refractivity (Wildman–Crippen MR) is 143 cm³/mol. The van der Waals surface area contributed by atoms with E-state index in [1.807, 2.05) is 12.1 Å². The Bertz CT molecular complexity index is 1460. The molecule has 43 heavy (non-hydrogen) atoms. The number of carbonyl (C=O) groups excluding carboxylic acids is 2. The molecule has 4 aliphatic heterocycles. The van der Waals surface area contributed by atoms with Gasteiger partial charge in [-0.15, -0.1) is 8.57 Å². The van der Waals surface area contributed by atoms with Gasteiger partial charge in [-0.1, -0.05) is 10.3 Å². The number of fused-ring (bicyclic) bond motifs is 6. The Balaban J connectivity index is 1.00. The second kappa shape index (κ2) is 9.37. The van der Waals surface area contributed by atoms with Crippen molar-refractivity contribution in [2.24, 2.45) is 10.8 Å². The third-order valence-electron chi connectivity index (χ3n) is 10.2. The maximum absolute atomic E-state index is 13.6. The molecule has 6 aliphatic rings. The number of carbonyl (C=O) groups is 2. The fourth-order valence-electron chi connectivity index (χ4n) is 7.65. The number of urea groups is 2. The Morgan fingerprint density at radius 3 is 1.60 bits per heavy atom. The Morgan fingerprint density at radius 2 is 1.23 bits per heavy atom. The monoisotopic (exact) mass is 618 g/mol. The molecule has 2 aromatic heterocycles. The summed E-state index contributed by atoms with van der Waals surface area (Å²) < 4.78 is 48.4. The molecule has 2 N–H and O–H groups in total. The van der Waals surface area contributed by atoms with Crippen molar-refractivity contribution in [3.63, 3.8) is 0 Å². The second-order valence-corrected chi connectivity index (χ2v) is 13.9. The third kappa shape index (κ3) is 4.27. The highest BCUT2D eigenvalue weighted by Crippen LogP contribution is 2.63. The molecular formula is C26H34N8O8S. The summed E-state index contributed by atoms with van der Waals surface area (Å²) in [6.45, 7) is 1.59. The van der Waals surface area contributed by atoms with Gasteiger partial charge in [-0.3, -0.25) is 0 Å². The van der Waals surface area contributed by atoms with Crippen LogP contribution in [0, 0.1) is 10.8 Å². The molecule has 4 bridgehead atoms. The molecule has 8 rings (SSSR count). The second-order valence-electron chi connectivity index (χ2n) is 12.8. The van der Waals surface area contributed by atoms with Gasteiger partial charge in [-0.2, -0.15) is 18.5 Å². The minimum absolute atomic E-state index is 0.286. The summed E-state index contributed by atoms with van der Waals surface area (Å²) in [5.41, 5.74) is 0.683. The van der Waals surface area contributed by atoms with E-state index < -0.39 is 34.5 Å². The van der Waals surface area contributed by atoms with Gasteiger partial charge in [0.2, 0.25) is 0 Å². The van der Waals surface area contributed by atoms with Gasteiger partial charge < -0.3 is 29.5 Å². The van der Waals surface area contributed by atoms with Crippen LogP contribution in [0.25, 0.3) is 0 Å². The topological polar surface area (TPSA) is 176 Å². The molecule has 4 atom stereocenters. The van der Waals surface area contributed by atoms with Gasteiger partial charge in [0.05, 0.1) is 37.3 Å². The van der Waals surface area contributed by atoms with Gasteiger partial charge in [0.15, 0.2) is 11.5 Å². The van der Waals surface area contributed by atoms with Crippen molar-refractivity contribution in [3.8, 4) is 0 Å². The lowest BCUT2D eigenvalue weighted by atomic mass is 9.84. The van der Waals surface area contributed by atoms with E-state index in [1.54, 1.807) is 23.9 Å². The lowest BCUT2D eigenvalue weighted by Gasteiger charge is -2.36. The van der Waals surface area contributed by atoms with Crippen LogP contribution in [0.1, 0.15) is 73.5 Å². The van der Waals surface area contributed by atoms with Crippen LogP contribution in [0.15, 0.2) is 21.2 Å². The molecule has 2 spiro atoms. The highest BCUT2D eigenvalue weighted by Gasteiger charge is 2.66. The summed E-state index contributed by atoms with van der Waals surface area (Å²) in [6.07, 6.45) is 4.59. The number of rotatable bonds is 10. The van der Waals surface area contributed by atoms with E-state index >= 15 is 0 Å². The van der Waals surface area contributed by atoms with Crippen molar-refractivity contribution in [1.29, 1.82) is 0 Å². The van der Waals surface area contributed by atoms with Gasteiger partial charge in [0.1, 0.15) is 11.4 Å². The molecule has 6 heterocycles. The molecule has 2 saturated carbocycles. The van der Waals surface area contributed by atoms with Crippen molar-refractivity contribution >= 4 is 22.5 Å². The number of nitrogens with zero attached hydrogens (tertiary/aromatic N) is 6. The molecule has 2 aliphatic carbocycles. The Morgan fingerprint density at radius 1 is 0.814 bits per heavy atom. The van der Waals surface area contributed by atoms with Crippen LogP contribution in [0.2, 0.25) is 0 Å². The molecule has 0 radical (unpaired) electrons. The average Bonchev–Trinajstić information content (AvgIpc) is 3.70. The lowest BCUT2D eigenvalue weighted by molar-refractivity contribution is -0.101. The number of piperidine rings is 2. The Hall–Kier alpha value is -3.25. The summed E-state index contributed by atoms with van der Waals surface area (Å²) in [4.78, 5) is 30.3. The molecule has 232 valence electrons. The normalized spacial score (nSPS) is 29.9. The fourth-order valence-corrected chi connectivity index (χ4v) is 8.41. The van der Waals surface area contributed by atoms with Crippen LogP contribution < -0.4 is 10.6 Å². The van der Waals surface area contributed by atoms with E-state index in [4.69, 9.17) is 17.6 Å². The first-order valence-electron chi connectivity index (χ1n) is 14.7. The number of hydrogen-bond acceptors (Lipinski definition) is 12. The van der Waals surface area contributed by atoms with E-state index in [2.05, 4.69) is 20.9 Å². The van der Waals surface area contributed by atoms with Gasteiger partial charge in [0.25, 0.3) is 0 Å². The quantitative estimate of drug-likeness (QED) is 0.394. The molecule has 17 heteroatoms. The highest BCUT2D eigenvalue weighted by atomic mass is 32.3. The van der Waals surface area contributed by atoms with E-state index in [-0.39, 0.29) is 22.9 Å². The standard InChI is InChI=1S/C26H34N8O8S/c1-27-11-15-7-17(29-39-15)19-9-25(3-4-25)21-13-31(19)23(35)33(21)41-43(37,38)42-34-22-14-32(24(34)36)20(10-26(22)5-6-26)18-8-16(12-28-2)40-30-18/h7-8,19-22,27-28H,3-6,9-14H2,1-2H3/t19-,20-,21-,22-/m0/s1. The first-order chi connectivity index (χ1) is 20.7. The minimum Gasteiger partial charge on any atom is -0.360 e. The lowest BCUT2D eigenvalue weighted by Crippen LogP contribution is -2.45. The molecule has 0 unspecified atom stereocenters. The Labute approximate surface area is 247 Å². The Kier molecular flexibility index (Phi) is 5.95. The summed E-state index contributed by atoms with van der Waals surface area (Å²) in [5, 5.41) is 16.3. The van der Waals surface area contributed by atoms with Gasteiger partial charge in [0, 0.05) is 25.2 Å². The van der Waals surface area contributed by atoms with Crippen molar-refractivity contribution < 1.29 is 35.6 Å². The van der Waals surface area contributed by atoms with Crippen LogP contribution >= 0.6 is 0 Å². The maximum Gasteiger partial charge on any atom is 0.442 e. The van der Waals surface area contributed by atoms with Crippen LogP contribution in [0.4, 0.5) is 9.59 Å². The molecule has 6 fully saturated rings. The smallest absolute Gasteiger partial charge is 0.360 e. The third-order valence-corrected chi connectivity index (χ3v) is 10.9. The predicted octanol–water partition coefficient (Wildman–Crippen LogP) is 1.57. The van der Waals surface area contributed by atoms with Crippen LogP contribution in [0.3, 0.4) is 0 Å². The zero-order valence-electron chi connectivity index (χ0n) is 23.9. The molecule has 0 aromatic carbocycles. The van der Waals surface area contributed by atoms with Gasteiger partial charge in [-0.05, 0) is 63.5 Å². The molecule has 4 amide bonds. The molecule has 4 saturated heterocycles. The van der Waals surface area contributed by atoms with Crippen LogP contribution in [-0.4, -0.2) is 90.0 Å². The average molecular weight is 619 g/mol. The number of hydrogen-bond donors (Lipinski definition) is 2.